The lowest BCUT2D eigenvalue weighted by Gasteiger charge is -2.14. The summed E-state index contributed by atoms with van der Waals surface area (Å²) < 4.78 is 2.09. The van der Waals surface area contributed by atoms with E-state index in [4.69, 9.17) is 0 Å². The summed E-state index contributed by atoms with van der Waals surface area (Å²) in [5.74, 6) is 0.0679. The summed E-state index contributed by atoms with van der Waals surface area (Å²) >= 11 is 10.0. The average Bonchev–Trinajstić information content (AvgIpc) is 2.85. The third-order valence-corrected chi connectivity index (χ3v) is 6.24. The van der Waals surface area contributed by atoms with Gasteiger partial charge in [0.2, 0.25) is 0 Å². The number of carbonyl (C=O) groups is 1. The molecule has 0 aromatic carbocycles. The summed E-state index contributed by atoms with van der Waals surface area (Å²) in [6.07, 6.45) is 0. The number of amides is 1. The van der Waals surface area contributed by atoms with Gasteiger partial charge in [-0.3, -0.25) is 4.79 Å². The van der Waals surface area contributed by atoms with Crippen LogP contribution in [-0.4, -0.2) is 17.9 Å². The van der Waals surface area contributed by atoms with Gasteiger partial charge in [-0.1, -0.05) is 0 Å². The zero-order valence-corrected chi connectivity index (χ0v) is 14.7. The normalized spacial score (nSPS) is 10.7. The molecule has 0 fully saturated rings. The predicted molar refractivity (Wildman–Crippen MR) is 84.6 cm³/mol. The van der Waals surface area contributed by atoms with E-state index in [0.717, 1.165) is 18.7 Å². The van der Waals surface area contributed by atoms with E-state index in [9.17, 15) is 4.79 Å². The molecule has 0 N–H and O–H groups in total. The van der Waals surface area contributed by atoms with E-state index in [-0.39, 0.29) is 5.91 Å². The molecule has 0 unspecified atom stereocenters. The fraction of sp³-hybridized carbons (Fsp3) is 0.250. The Morgan fingerprint density at radius 2 is 2.11 bits per heavy atom. The van der Waals surface area contributed by atoms with Crippen LogP contribution in [0.4, 0.5) is 0 Å². The Morgan fingerprint density at radius 1 is 1.39 bits per heavy atom. The van der Waals surface area contributed by atoms with Crippen LogP contribution >= 0.6 is 54.5 Å². The Hall–Kier alpha value is -0.170. The largest absolute Gasteiger partial charge is 0.336 e. The van der Waals surface area contributed by atoms with Crippen LogP contribution in [0.15, 0.2) is 25.8 Å². The van der Waals surface area contributed by atoms with Crippen molar-refractivity contribution < 1.29 is 4.79 Å². The fourth-order valence-corrected chi connectivity index (χ4v) is 4.53. The van der Waals surface area contributed by atoms with Gasteiger partial charge in [-0.2, -0.15) is 0 Å². The van der Waals surface area contributed by atoms with Crippen LogP contribution in [-0.2, 0) is 6.54 Å². The molecule has 0 aliphatic heterocycles. The van der Waals surface area contributed by atoms with Gasteiger partial charge < -0.3 is 4.90 Å². The molecule has 0 aliphatic carbocycles. The van der Waals surface area contributed by atoms with Crippen molar-refractivity contribution in [3.8, 4) is 0 Å². The van der Waals surface area contributed by atoms with Gasteiger partial charge in [0.05, 0.1) is 15.2 Å². The number of thiophene rings is 2. The fourth-order valence-electron chi connectivity index (χ4n) is 1.50. The molecule has 2 aromatic heterocycles. The highest BCUT2D eigenvalue weighted by Gasteiger charge is 2.16. The van der Waals surface area contributed by atoms with E-state index < -0.39 is 0 Å². The second-order valence-corrected chi connectivity index (χ2v) is 8.24. The van der Waals surface area contributed by atoms with Gasteiger partial charge in [-0.25, -0.2) is 0 Å². The summed E-state index contributed by atoms with van der Waals surface area (Å²) in [6.45, 7) is 2.64. The van der Waals surface area contributed by atoms with E-state index in [1.807, 2.05) is 31.5 Å². The topological polar surface area (TPSA) is 20.3 Å². The summed E-state index contributed by atoms with van der Waals surface area (Å²) in [7, 11) is 1.83. The number of hydrogen-bond donors (Lipinski definition) is 0. The zero-order chi connectivity index (χ0) is 13.3. The van der Waals surface area contributed by atoms with Crippen molar-refractivity contribution in [2.24, 2.45) is 0 Å². The third-order valence-electron chi connectivity index (χ3n) is 2.43. The van der Waals surface area contributed by atoms with Crippen molar-refractivity contribution in [2.75, 3.05) is 7.05 Å². The first-order valence-electron chi connectivity index (χ1n) is 5.21. The highest BCUT2D eigenvalue weighted by Crippen LogP contribution is 2.28. The first kappa shape index (κ1) is 14.2. The predicted octanol–water partition coefficient (Wildman–Crippen LogP) is 4.92. The Labute approximate surface area is 131 Å². The van der Waals surface area contributed by atoms with Gasteiger partial charge in [0.15, 0.2) is 0 Å². The molecular formula is C12H11Br2NOS2. The Balaban J connectivity index is 2.09. The van der Waals surface area contributed by atoms with Crippen LogP contribution in [0.2, 0.25) is 0 Å². The Morgan fingerprint density at radius 3 is 2.61 bits per heavy atom. The smallest absolute Gasteiger partial charge is 0.264 e. The molecule has 2 rings (SSSR count). The van der Waals surface area contributed by atoms with Gasteiger partial charge in [0.25, 0.3) is 5.91 Å². The van der Waals surface area contributed by atoms with Gasteiger partial charge in [-0.15, -0.1) is 22.7 Å². The van der Waals surface area contributed by atoms with Crippen molar-refractivity contribution in [1.29, 1.82) is 0 Å². The number of halogens is 2. The summed E-state index contributed by atoms with van der Waals surface area (Å²) in [4.78, 5) is 15.9. The molecule has 0 spiro atoms. The first-order chi connectivity index (χ1) is 8.47. The Bertz CT molecular complexity index is 557. The standard InChI is InChI=1S/C12H11Br2NOS2/c1-7-3-10(18-11(7)14)12(16)15(2)5-9-4-8(13)6-17-9/h3-4,6H,5H2,1-2H3. The van der Waals surface area contributed by atoms with Gasteiger partial charge in [0.1, 0.15) is 0 Å². The maximum Gasteiger partial charge on any atom is 0.264 e. The van der Waals surface area contributed by atoms with Crippen molar-refractivity contribution in [3.05, 3.63) is 41.1 Å². The third kappa shape index (κ3) is 3.23. The monoisotopic (exact) mass is 407 g/mol. The van der Waals surface area contributed by atoms with Crippen LogP contribution < -0.4 is 0 Å². The maximum atomic E-state index is 12.2. The molecule has 96 valence electrons. The minimum absolute atomic E-state index is 0.0679. The second kappa shape index (κ2) is 5.86. The van der Waals surface area contributed by atoms with Crippen molar-refractivity contribution in [2.45, 2.75) is 13.5 Å². The van der Waals surface area contributed by atoms with Crippen molar-refractivity contribution >= 4 is 60.4 Å². The van der Waals surface area contributed by atoms with Gasteiger partial charge in [-0.05, 0) is 56.5 Å². The quantitative estimate of drug-likeness (QED) is 0.705. The number of rotatable bonds is 3. The summed E-state index contributed by atoms with van der Waals surface area (Å²) in [6, 6.07) is 3.97. The number of carbonyl (C=O) groups excluding carboxylic acids is 1. The van der Waals surface area contributed by atoms with E-state index in [1.54, 1.807) is 16.2 Å². The van der Waals surface area contributed by atoms with Crippen LogP contribution in [0, 0.1) is 6.92 Å². The molecule has 6 heteroatoms. The highest BCUT2D eigenvalue weighted by atomic mass is 79.9. The average molecular weight is 409 g/mol. The molecule has 0 saturated heterocycles. The van der Waals surface area contributed by atoms with Crippen LogP contribution in [0.5, 0.6) is 0 Å². The Kier molecular flexibility index (Phi) is 4.64. The van der Waals surface area contributed by atoms with E-state index in [1.165, 1.54) is 16.2 Å². The molecule has 0 atom stereocenters. The van der Waals surface area contributed by atoms with E-state index >= 15 is 0 Å². The molecule has 2 nitrogen and oxygen atoms in total. The maximum absolute atomic E-state index is 12.2. The molecule has 1 amide bonds. The molecule has 0 bridgehead atoms. The lowest BCUT2D eigenvalue weighted by atomic mass is 10.3. The molecule has 0 aliphatic rings. The SMILES string of the molecule is Cc1cc(C(=O)N(C)Cc2cc(Br)cs2)sc1Br. The number of hydrogen-bond acceptors (Lipinski definition) is 3. The van der Waals surface area contributed by atoms with Gasteiger partial charge >= 0.3 is 0 Å². The molecule has 2 heterocycles. The minimum atomic E-state index is 0.0679. The summed E-state index contributed by atoms with van der Waals surface area (Å²) in [5.41, 5.74) is 1.11. The van der Waals surface area contributed by atoms with Crippen LogP contribution in [0.25, 0.3) is 0 Å². The van der Waals surface area contributed by atoms with Crippen molar-refractivity contribution in [1.82, 2.24) is 4.90 Å². The lowest BCUT2D eigenvalue weighted by molar-refractivity contribution is 0.0791. The van der Waals surface area contributed by atoms with Crippen molar-refractivity contribution in [3.63, 3.8) is 0 Å². The molecule has 0 radical (unpaired) electrons. The van der Waals surface area contributed by atoms with Gasteiger partial charge in [0, 0.05) is 21.8 Å². The van der Waals surface area contributed by atoms with Crippen LogP contribution in [0.3, 0.4) is 0 Å². The summed E-state index contributed by atoms with van der Waals surface area (Å²) in [5, 5.41) is 2.03. The number of aryl methyl sites for hydroxylation is 1. The molecule has 18 heavy (non-hydrogen) atoms. The number of nitrogens with zero attached hydrogens (tertiary/aromatic N) is 1. The molecule has 2 aromatic rings. The zero-order valence-electron chi connectivity index (χ0n) is 9.87. The first-order valence-corrected chi connectivity index (χ1v) is 8.50. The molecule has 0 saturated carbocycles. The van der Waals surface area contributed by atoms with E-state index in [0.29, 0.717) is 6.54 Å². The van der Waals surface area contributed by atoms with E-state index in [2.05, 4.69) is 31.9 Å². The lowest BCUT2D eigenvalue weighted by Crippen LogP contribution is -2.24. The second-order valence-electron chi connectivity index (χ2n) is 3.96. The van der Waals surface area contributed by atoms with Crippen LogP contribution in [0.1, 0.15) is 20.1 Å². The molecular weight excluding hydrogens is 398 g/mol. The highest BCUT2D eigenvalue weighted by molar-refractivity contribution is 9.11. The minimum Gasteiger partial charge on any atom is -0.336 e.